The molecule has 0 amide bonds. The molecule has 0 aliphatic carbocycles. The lowest BCUT2D eigenvalue weighted by Gasteiger charge is -2.03. The van der Waals surface area contributed by atoms with E-state index in [4.69, 9.17) is 4.42 Å². The fourth-order valence-electron chi connectivity index (χ4n) is 1.37. The van der Waals surface area contributed by atoms with Crippen LogP contribution in [0.25, 0.3) is 0 Å². The molecule has 0 spiro atoms. The Bertz CT molecular complexity index is 547. The molecule has 2 aromatic rings. The van der Waals surface area contributed by atoms with Crippen LogP contribution >= 0.6 is 31.9 Å². The number of halogens is 2. The van der Waals surface area contributed by atoms with Gasteiger partial charge < -0.3 is 9.73 Å². The molecule has 94 valence electrons. The number of hydrogen-bond donors (Lipinski definition) is 1. The van der Waals surface area contributed by atoms with Crippen molar-refractivity contribution in [2.45, 2.75) is 6.54 Å². The molecule has 0 atom stereocenters. The van der Waals surface area contributed by atoms with E-state index in [1.165, 1.54) is 12.1 Å². The smallest absolute Gasteiger partial charge is 0.269 e. The van der Waals surface area contributed by atoms with Crippen LogP contribution in [-0.2, 0) is 6.54 Å². The number of non-ortho nitro benzene ring substituents is 1. The van der Waals surface area contributed by atoms with Crippen LogP contribution in [0.15, 0.2) is 43.9 Å². The summed E-state index contributed by atoms with van der Waals surface area (Å²) in [6, 6.07) is 8.07. The Labute approximate surface area is 120 Å². The van der Waals surface area contributed by atoms with Gasteiger partial charge in [-0.05, 0) is 50.1 Å². The van der Waals surface area contributed by atoms with E-state index in [1.807, 2.05) is 6.07 Å². The minimum absolute atomic E-state index is 0.0732. The molecular formula is C11H8Br2N2O3. The third-order valence-corrected chi connectivity index (χ3v) is 3.95. The quantitative estimate of drug-likeness (QED) is 0.638. The molecule has 0 aliphatic heterocycles. The second-order valence-electron chi connectivity index (χ2n) is 3.49. The number of rotatable bonds is 4. The van der Waals surface area contributed by atoms with Crippen molar-refractivity contribution >= 4 is 43.2 Å². The van der Waals surface area contributed by atoms with Gasteiger partial charge in [0.05, 0.1) is 15.9 Å². The summed E-state index contributed by atoms with van der Waals surface area (Å²) in [5, 5.41) is 13.6. The fourth-order valence-corrected chi connectivity index (χ4v) is 2.03. The molecule has 1 N–H and O–H groups in total. The zero-order valence-electron chi connectivity index (χ0n) is 9.02. The summed E-state index contributed by atoms with van der Waals surface area (Å²) in [6.45, 7) is 0.502. The zero-order chi connectivity index (χ0) is 13.1. The third kappa shape index (κ3) is 3.11. The first-order valence-electron chi connectivity index (χ1n) is 4.98. The number of furan rings is 1. The molecule has 1 aromatic carbocycles. The van der Waals surface area contributed by atoms with Crippen LogP contribution in [0, 0.1) is 10.1 Å². The van der Waals surface area contributed by atoms with Crippen LogP contribution in [-0.4, -0.2) is 4.92 Å². The zero-order valence-corrected chi connectivity index (χ0v) is 12.2. The molecule has 18 heavy (non-hydrogen) atoms. The Hall–Kier alpha value is -1.34. The summed E-state index contributed by atoms with van der Waals surface area (Å²) in [5.41, 5.74) is 0.869. The average molecular weight is 376 g/mol. The summed E-state index contributed by atoms with van der Waals surface area (Å²) in [6.07, 6.45) is 0. The van der Waals surface area contributed by atoms with Crippen LogP contribution in [0.2, 0.25) is 0 Å². The summed E-state index contributed by atoms with van der Waals surface area (Å²) in [4.78, 5) is 10.1. The van der Waals surface area contributed by atoms with Crippen molar-refractivity contribution in [1.29, 1.82) is 0 Å². The lowest BCUT2D eigenvalue weighted by molar-refractivity contribution is -0.384. The van der Waals surface area contributed by atoms with Crippen molar-refractivity contribution in [3.05, 3.63) is 55.3 Å². The highest BCUT2D eigenvalue weighted by molar-refractivity contribution is 9.13. The van der Waals surface area contributed by atoms with Crippen molar-refractivity contribution in [3.63, 3.8) is 0 Å². The van der Waals surface area contributed by atoms with Crippen molar-refractivity contribution in [3.8, 4) is 0 Å². The van der Waals surface area contributed by atoms with E-state index in [0.29, 0.717) is 11.2 Å². The summed E-state index contributed by atoms with van der Waals surface area (Å²) >= 11 is 6.58. The Morgan fingerprint density at radius 3 is 2.44 bits per heavy atom. The summed E-state index contributed by atoms with van der Waals surface area (Å²) < 4.78 is 6.89. The highest BCUT2D eigenvalue weighted by atomic mass is 79.9. The molecule has 5 nitrogen and oxygen atoms in total. The van der Waals surface area contributed by atoms with E-state index in [2.05, 4.69) is 37.2 Å². The summed E-state index contributed by atoms with van der Waals surface area (Å²) in [7, 11) is 0. The van der Waals surface area contributed by atoms with Gasteiger partial charge in [0.1, 0.15) is 5.76 Å². The minimum atomic E-state index is -0.426. The van der Waals surface area contributed by atoms with Gasteiger partial charge in [-0.3, -0.25) is 10.1 Å². The highest BCUT2D eigenvalue weighted by Crippen LogP contribution is 2.27. The molecule has 1 heterocycles. The molecule has 2 rings (SSSR count). The van der Waals surface area contributed by atoms with Crippen LogP contribution < -0.4 is 5.32 Å². The SMILES string of the molecule is O=[N+]([O-])c1ccc(NCc2cc(Br)c(Br)o2)cc1. The van der Waals surface area contributed by atoms with Gasteiger partial charge in [0.2, 0.25) is 0 Å². The molecule has 0 saturated carbocycles. The maximum absolute atomic E-state index is 10.5. The number of nitrogens with zero attached hydrogens (tertiary/aromatic N) is 1. The van der Waals surface area contributed by atoms with E-state index in [1.54, 1.807) is 12.1 Å². The lowest BCUT2D eigenvalue weighted by atomic mass is 10.3. The maximum Gasteiger partial charge on any atom is 0.269 e. The second-order valence-corrected chi connectivity index (χ2v) is 5.07. The van der Waals surface area contributed by atoms with Gasteiger partial charge in [-0.1, -0.05) is 0 Å². The fraction of sp³-hybridized carbons (Fsp3) is 0.0909. The molecule has 0 saturated heterocycles. The van der Waals surface area contributed by atoms with E-state index in [9.17, 15) is 10.1 Å². The number of benzene rings is 1. The molecule has 7 heteroatoms. The third-order valence-electron chi connectivity index (χ3n) is 2.24. The molecule has 0 fully saturated rings. The number of nitro groups is 1. The predicted octanol–water partition coefficient (Wildman–Crippen LogP) is 4.32. The maximum atomic E-state index is 10.5. The van der Waals surface area contributed by atoms with Gasteiger partial charge in [0, 0.05) is 17.8 Å². The van der Waals surface area contributed by atoms with Crippen molar-refractivity contribution < 1.29 is 9.34 Å². The van der Waals surface area contributed by atoms with Gasteiger partial charge >= 0.3 is 0 Å². The van der Waals surface area contributed by atoms with Crippen LogP contribution in [0.3, 0.4) is 0 Å². The van der Waals surface area contributed by atoms with Crippen molar-refractivity contribution in [2.24, 2.45) is 0 Å². The van der Waals surface area contributed by atoms with Crippen LogP contribution in [0.5, 0.6) is 0 Å². The number of nitro benzene ring substituents is 1. The van der Waals surface area contributed by atoms with E-state index in [-0.39, 0.29) is 5.69 Å². The molecule has 0 unspecified atom stereocenters. The van der Waals surface area contributed by atoms with Crippen molar-refractivity contribution in [2.75, 3.05) is 5.32 Å². The normalized spacial score (nSPS) is 10.3. The Kier molecular flexibility index (Phi) is 4.03. The van der Waals surface area contributed by atoms with E-state index in [0.717, 1.165) is 15.9 Å². The highest BCUT2D eigenvalue weighted by Gasteiger charge is 2.07. The van der Waals surface area contributed by atoms with Crippen LogP contribution in [0.4, 0.5) is 11.4 Å². The topological polar surface area (TPSA) is 68.3 Å². The molecule has 0 bridgehead atoms. The number of hydrogen-bond acceptors (Lipinski definition) is 4. The first-order chi connectivity index (χ1) is 8.56. The van der Waals surface area contributed by atoms with Gasteiger partial charge in [-0.15, -0.1) is 0 Å². The van der Waals surface area contributed by atoms with Crippen molar-refractivity contribution in [1.82, 2.24) is 0 Å². The van der Waals surface area contributed by atoms with Gasteiger partial charge in [0.15, 0.2) is 4.67 Å². The largest absolute Gasteiger partial charge is 0.451 e. The van der Waals surface area contributed by atoms with Gasteiger partial charge in [-0.25, -0.2) is 0 Å². The first-order valence-corrected chi connectivity index (χ1v) is 6.57. The number of nitrogens with one attached hydrogen (secondary N) is 1. The standard InChI is InChI=1S/C11H8Br2N2O3/c12-10-5-9(18-11(10)13)6-14-7-1-3-8(4-2-7)15(16)17/h1-5,14H,6H2. The molecule has 0 radical (unpaired) electrons. The average Bonchev–Trinajstić information content (AvgIpc) is 2.67. The van der Waals surface area contributed by atoms with E-state index >= 15 is 0 Å². The molecule has 0 aliphatic rings. The Morgan fingerprint density at radius 1 is 1.28 bits per heavy atom. The minimum Gasteiger partial charge on any atom is -0.451 e. The number of anilines is 1. The molecule has 1 aromatic heterocycles. The monoisotopic (exact) mass is 374 g/mol. The molecular weight excluding hydrogens is 368 g/mol. The lowest BCUT2D eigenvalue weighted by Crippen LogP contribution is -1.98. The Morgan fingerprint density at radius 2 is 1.94 bits per heavy atom. The second kappa shape index (κ2) is 5.53. The van der Waals surface area contributed by atoms with Gasteiger partial charge in [0.25, 0.3) is 5.69 Å². The first kappa shape index (κ1) is 13.1. The summed E-state index contributed by atoms with van der Waals surface area (Å²) in [5.74, 6) is 0.757. The van der Waals surface area contributed by atoms with E-state index < -0.39 is 4.92 Å². The van der Waals surface area contributed by atoms with Crippen LogP contribution in [0.1, 0.15) is 5.76 Å². The van der Waals surface area contributed by atoms with Gasteiger partial charge in [-0.2, -0.15) is 0 Å². The predicted molar refractivity (Wildman–Crippen MR) is 74.5 cm³/mol. The Balaban J connectivity index is 2.00.